The predicted octanol–water partition coefficient (Wildman–Crippen LogP) is 2.07. The largest absolute Gasteiger partial charge is 0.497 e. The third-order valence-corrected chi connectivity index (χ3v) is 4.31. The van der Waals surface area contributed by atoms with E-state index in [9.17, 15) is 18.8 Å². The van der Waals surface area contributed by atoms with Crippen LogP contribution in [0.2, 0.25) is 0 Å². The number of hydrogen-bond donors (Lipinski definition) is 2. The molecule has 2 aromatic carbocycles. The number of carbonyl (C=O) groups excluding carboxylic acids is 3. The molecule has 0 saturated heterocycles. The average Bonchev–Trinajstić information content (AvgIpc) is 2.77. The Labute approximate surface area is 180 Å². The number of nitrogens with one attached hydrogen (secondary N) is 2. The molecule has 0 saturated carbocycles. The second-order valence-electron chi connectivity index (χ2n) is 6.63. The third-order valence-electron chi connectivity index (χ3n) is 4.31. The normalized spacial score (nSPS) is 10.3. The summed E-state index contributed by atoms with van der Waals surface area (Å²) in [7, 11) is 3.09. The van der Waals surface area contributed by atoms with E-state index in [4.69, 9.17) is 9.47 Å². The number of carbonyl (C=O) groups is 3. The Kier molecular flexibility index (Phi) is 9.44. The first-order valence-electron chi connectivity index (χ1n) is 9.67. The van der Waals surface area contributed by atoms with Gasteiger partial charge in [-0.25, -0.2) is 4.39 Å². The van der Waals surface area contributed by atoms with Crippen LogP contribution in [0.1, 0.15) is 16.8 Å². The molecule has 0 heterocycles. The van der Waals surface area contributed by atoms with E-state index >= 15 is 0 Å². The van der Waals surface area contributed by atoms with Crippen molar-refractivity contribution in [2.75, 3.05) is 45.8 Å². The monoisotopic (exact) mass is 431 g/mol. The van der Waals surface area contributed by atoms with Crippen LogP contribution >= 0.6 is 0 Å². The second-order valence-corrected chi connectivity index (χ2v) is 6.63. The molecule has 2 aromatic rings. The first kappa shape index (κ1) is 23.8. The van der Waals surface area contributed by atoms with Gasteiger partial charge >= 0.3 is 0 Å². The van der Waals surface area contributed by atoms with Crippen LogP contribution in [0.5, 0.6) is 5.75 Å². The zero-order valence-electron chi connectivity index (χ0n) is 17.5. The fourth-order valence-electron chi connectivity index (χ4n) is 2.71. The van der Waals surface area contributed by atoms with Gasteiger partial charge in [-0.05, 0) is 55.0 Å². The number of hydrogen-bond acceptors (Lipinski definition) is 5. The van der Waals surface area contributed by atoms with Crippen molar-refractivity contribution in [1.29, 1.82) is 0 Å². The first-order chi connectivity index (χ1) is 14.9. The van der Waals surface area contributed by atoms with Crippen molar-refractivity contribution in [2.45, 2.75) is 6.42 Å². The number of amides is 3. The number of ether oxygens (including phenoxy) is 2. The summed E-state index contributed by atoms with van der Waals surface area (Å²) in [5, 5.41) is 5.16. The second kappa shape index (κ2) is 12.3. The molecule has 0 aliphatic rings. The van der Waals surface area contributed by atoms with Crippen LogP contribution in [0.3, 0.4) is 0 Å². The third kappa shape index (κ3) is 8.06. The van der Waals surface area contributed by atoms with E-state index in [-0.39, 0.29) is 25.2 Å². The molecule has 0 radical (unpaired) electrons. The summed E-state index contributed by atoms with van der Waals surface area (Å²) in [6, 6.07) is 11.9. The number of nitrogens with zero attached hydrogens (tertiary/aromatic N) is 1. The van der Waals surface area contributed by atoms with Gasteiger partial charge in [0.05, 0.1) is 20.2 Å². The SMILES string of the molecule is COCCCN(CC(=O)NCC(=O)Nc1ccc(OC)cc1)C(=O)c1ccc(F)cc1. The zero-order valence-corrected chi connectivity index (χ0v) is 17.5. The molecular weight excluding hydrogens is 405 g/mol. The fraction of sp³-hybridized carbons (Fsp3) is 0.318. The summed E-state index contributed by atoms with van der Waals surface area (Å²) in [6.45, 7) is 0.200. The quantitative estimate of drug-likeness (QED) is 0.531. The number of anilines is 1. The minimum atomic E-state index is -0.488. The van der Waals surface area contributed by atoms with Gasteiger partial charge < -0.3 is 25.0 Å². The topological polar surface area (TPSA) is 97.0 Å². The molecular formula is C22H26FN3O5. The summed E-state index contributed by atoms with van der Waals surface area (Å²) in [4.78, 5) is 38.4. The molecule has 0 bridgehead atoms. The van der Waals surface area contributed by atoms with Crippen molar-refractivity contribution in [3.8, 4) is 5.75 Å². The highest BCUT2D eigenvalue weighted by Crippen LogP contribution is 2.14. The van der Waals surface area contributed by atoms with Gasteiger partial charge in [-0.2, -0.15) is 0 Å². The maximum atomic E-state index is 13.1. The van der Waals surface area contributed by atoms with Gasteiger partial charge in [0.15, 0.2) is 0 Å². The smallest absolute Gasteiger partial charge is 0.254 e. The molecule has 8 nitrogen and oxygen atoms in total. The van der Waals surface area contributed by atoms with E-state index in [2.05, 4.69) is 10.6 Å². The Bertz CT molecular complexity index is 872. The molecule has 0 aromatic heterocycles. The summed E-state index contributed by atoms with van der Waals surface area (Å²) in [6.07, 6.45) is 0.522. The molecule has 2 rings (SSSR count). The highest BCUT2D eigenvalue weighted by molar-refractivity contribution is 5.98. The lowest BCUT2D eigenvalue weighted by atomic mass is 10.2. The predicted molar refractivity (Wildman–Crippen MR) is 113 cm³/mol. The highest BCUT2D eigenvalue weighted by atomic mass is 19.1. The van der Waals surface area contributed by atoms with Crippen molar-refractivity contribution >= 4 is 23.4 Å². The van der Waals surface area contributed by atoms with Gasteiger partial charge in [0.25, 0.3) is 5.91 Å². The molecule has 0 aliphatic heterocycles. The molecule has 0 fully saturated rings. The van der Waals surface area contributed by atoms with Gasteiger partial charge in [-0.1, -0.05) is 0 Å². The van der Waals surface area contributed by atoms with Gasteiger partial charge in [0.1, 0.15) is 11.6 Å². The zero-order chi connectivity index (χ0) is 22.6. The molecule has 0 unspecified atom stereocenters. The van der Waals surface area contributed by atoms with Gasteiger partial charge in [0, 0.05) is 31.5 Å². The van der Waals surface area contributed by atoms with Crippen molar-refractivity contribution in [3.05, 3.63) is 59.9 Å². The number of benzene rings is 2. The van der Waals surface area contributed by atoms with Crippen molar-refractivity contribution < 1.29 is 28.2 Å². The Balaban J connectivity index is 1.89. The molecule has 0 spiro atoms. The lowest BCUT2D eigenvalue weighted by Crippen LogP contribution is -2.43. The lowest BCUT2D eigenvalue weighted by molar-refractivity contribution is -0.124. The maximum Gasteiger partial charge on any atom is 0.254 e. The molecule has 0 atom stereocenters. The van der Waals surface area contributed by atoms with Crippen molar-refractivity contribution in [2.24, 2.45) is 0 Å². The van der Waals surface area contributed by atoms with Crippen LogP contribution in [0.25, 0.3) is 0 Å². The summed E-state index contributed by atoms with van der Waals surface area (Å²) in [5.41, 5.74) is 0.830. The minimum Gasteiger partial charge on any atom is -0.497 e. The molecule has 3 amide bonds. The Morgan fingerprint density at radius 3 is 2.26 bits per heavy atom. The maximum absolute atomic E-state index is 13.1. The highest BCUT2D eigenvalue weighted by Gasteiger charge is 2.19. The van der Waals surface area contributed by atoms with Crippen LogP contribution < -0.4 is 15.4 Å². The Hall–Kier alpha value is -3.46. The van der Waals surface area contributed by atoms with Crippen LogP contribution in [0.15, 0.2) is 48.5 Å². The van der Waals surface area contributed by atoms with Gasteiger partial charge in [0.2, 0.25) is 11.8 Å². The van der Waals surface area contributed by atoms with Crippen molar-refractivity contribution in [3.63, 3.8) is 0 Å². The Morgan fingerprint density at radius 1 is 0.968 bits per heavy atom. The van der Waals surface area contributed by atoms with Crippen LogP contribution in [0.4, 0.5) is 10.1 Å². The lowest BCUT2D eigenvalue weighted by Gasteiger charge is -2.22. The number of halogens is 1. The molecule has 31 heavy (non-hydrogen) atoms. The van der Waals surface area contributed by atoms with E-state index in [0.29, 0.717) is 24.5 Å². The Morgan fingerprint density at radius 2 is 1.65 bits per heavy atom. The van der Waals surface area contributed by atoms with Crippen molar-refractivity contribution in [1.82, 2.24) is 10.2 Å². The van der Waals surface area contributed by atoms with E-state index in [1.807, 2.05) is 0 Å². The van der Waals surface area contributed by atoms with E-state index in [1.54, 1.807) is 38.5 Å². The van der Waals surface area contributed by atoms with E-state index in [0.717, 1.165) is 0 Å². The van der Waals surface area contributed by atoms with E-state index < -0.39 is 23.5 Å². The molecule has 0 aliphatic carbocycles. The number of methoxy groups -OCH3 is 2. The molecule has 2 N–H and O–H groups in total. The number of rotatable bonds is 11. The summed E-state index contributed by atoms with van der Waals surface area (Å²) >= 11 is 0. The average molecular weight is 431 g/mol. The standard InChI is InChI=1S/C22H26FN3O5/c1-30-13-3-12-26(22(29)16-4-6-17(23)7-5-16)15-21(28)24-14-20(27)25-18-8-10-19(31-2)11-9-18/h4-11H,3,12-15H2,1-2H3,(H,24,28)(H,25,27). The first-order valence-corrected chi connectivity index (χ1v) is 9.67. The van der Waals surface area contributed by atoms with Crippen LogP contribution in [-0.4, -0.2) is 63.1 Å². The van der Waals surface area contributed by atoms with Gasteiger partial charge in [-0.3, -0.25) is 14.4 Å². The van der Waals surface area contributed by atoms with Crippen LogP contribution in [-0.2, 0) is 14.3 Å². The fourth-order valence-corrected chi connectivity index (χ4v) is 2.71. The van der Waals surface area contributed by atoms with E-state index in [1.165, 1.54) is 29.2 Å². The van der Waals surface area contributed by atoms with Gasteiger partial charge in [-0.15, -0.1) is 0 Å². The molecule has 166 valence electrons. The minimum absolute atomic E-state index is 0.240. The summed E-state index contributed by atoms with van der Waals surface area (Å²) in [5.74, 6) is -1.10. The molecule has 9 heteroatoms. The summed E-state index contributed by atoms with van der Waals surface area (Å²) < 4.78 is 23.2. The van der Waals surface area contributed by atoms with Crippen LogP contribution in [0, 0.1) is 5.82 Å².